The highest BCUT2D eigenvalue weighted by atomic mass is 19.2. The number of carbonyl (C=O) groups excluding carboxylic acids is 1. The Balaban J connectivity index is 1.97. The molecule has 20 heavy (non-hydrogen) atoms. The average molecular weight is 283 g/mol. The fourth-order valence-electron chi connectivity index (χ4n) is 2.50. The van der Waals surface area contributed by atoms with E-state index in [1.807, 2.05) is 0 Å². The van der Waals surface area contributed by atoms with E-state index in [2.05, 4.69) is 12.2 Å². The molecule has 2 rings (SSSR count). The second kappa shape index (κ2) is 5.87. The second-order valence-corrected chi connectivity index (χ2v) is 5.69. The lowest BCUT2D eigenvalue weighted by Crippen LogP contribution is -2.45. The second-order valence-electron chi connectivity index (χ2n) is 5.69. The van der Waals surface area contributed by atoms with Crippen LogP contribution in [0.1, 0.15) is 43.0 Å². The molecule has 110 valence electrons. The van der Waals surface area contributed by atoms with Gasteiger partial charge in [0.15, 0.2) is 11.6 Å². The van der Waals surface area contributed by atoms with E-state index in [4.69, 9.17) is 0 Å². The molecule has 1 saturated carbocycles. The number of benzene rings is 1. The van der Waals surface area contributed by atoms with E-state index in [0.29, 0.717) is 18.8 Å². The zero-order valence-corrected chi connectivity index (χ0v) is 11.5. The third kappa shape index (κ3) is 3.33. The molecule has 0 radical (unpaired) electrons. The molecule has 3 nitrogen and oxygen atoms in total. The Bertz CT molecular complexity index is 497. The summed E-state index contributed by atoms with van der Waals surface area (Å²) in [6.07, 6.45) is 3.03. The Morgan fingerprint density at radius 3 is 2.70 bits per heavy atom. The Labute approximate surface area is 117 Å². The summed E-state index contributed by atoms with van der Waals surface area (Å²) in [6.45, 7) is 2.19. The van der Waals surface area contributed by atoms with E-state index in [0.717, 1.165) is 18.9 Å². The number of nitrogens with one attached hydrogen (secondary N) is 1. The van der Waals surface area contributed by atoms with Gasteiger partial charge in [-0.05, 0) is 43.7 Å². The Kier molecular flexibility index (Phi) is 4.38. The summed E-state index contributed by atoms with van der Waals surface area (Å²) >= 11 is 0. The molecule has 1 fully saturated rings. The normalized spacial score (nSPS) is 26.3. The maximum absolute atomic E-state index is 13.5. The highest BCUT2D eigenvalue weighted by Gasteiger charge is 2.32. The van der Waals surface area contributed by atoms with Crippen molar-refractivity contribution in [2.24, 2.45) is 5.92 Å². The predicted octanol–water partition coefficient (Wildman–Crippen LogP) is 2.64. The van der Waals surface area contributed by atoms with E-state index >= 15 is 0 Å². The third-order valence-corrected chi connectivity index (χ3v) is 3.98. The van der Waals surface area contributed by atoms with Crippen molar-refractivity contribution in [2.75, 3.05) is 6.54 Å². The summed E-state index contributed by atoms with van der Waals surface area (Å²) in [6, 6.07) is 3.47. The van der Waals surface area contributed by atoms with Crippen molar-refractivity contribution < 1.29 is 18.7 Å². The van der Waals surface area contributed by atoms with E-state index in [1.54, 1.807) is 0 Å². The molecule has 0 atom stereocenters. The van der Waals surface area contributed by atoms with E-state index < -0.39 is 23.1 Å². The first-order valence-electron chi connectivity index (χ1n) is 6.86. The van der Waals surface area contributed by atoms with Gasteiger partial charge in [-0.15, -0.1) is 0 Å². The molecule has 0 spiro atoms. The van der Waals surface area contributed by atoms with Crippen LogP contribution < -0.4 is 5.32 Å². The average Bonchev–Trinajstić information content (AvgIpc) is 2.43. The Morgan fingerprint density at radius 1 is 1.40 bits per heavy atom. The first-order valence-corrected chi connectivity index (χ1v) is 6.86. The number of carbonyl (C=O) groups is 1. The quantitative estimate of drug-likeness (QED) is 0.896. The van der Waals surface area contributed by atoms with Crippen LogP contribution in [0, 0.1) is 17.6 Å². The van der Waals surface area contributed by atoms with Crippen LogP contribution in [0.3, 0.4) is 0 Å². The monoisotopic (exact) mass is 283 g/mol. The summed E-state index contributed by atoms with van der Waals surface area (Å²) in [5, 5.41) is 12.8. The minimum atomic E-state index is -1.16. The van der Waals surface area contributed by atoms with Crippen LogP contribution in [0.25, 0.3) is 0 Å². The summed E-state index contributed by atoms with van der Waals surface area (Å²) in [5.74, 6) is -2.34. The minimum Gasteiger partial charge on any atom is -0.388 e. The van der Waals surface area contributed by atoms with Crippen molar-refractivity contribution in [2.45, 2.75) is 38.2 Å². The number of halogens is 2. The van der Waals surface area contributed by atoms with Gasteiger partial charge in [0.2, 0.25) is 0 Å². The minimum absolute atomic E-state index is 0.0640. The van der Waals surface area contributed by atoms with Gasteiger partial charge >= 0.3 is 0 Å². The van der Waals surface area contributed by atoms with Gasteiger partial charge < -0.3 is 10.4 Å². The first kappa shape index (κ1) is 14.9. The highest BCUT2D eigenvalue weighted by Crippen LogP contribution is 2.31. The van der Waals surface area contributed by atoms with Gasteiger partial charge in [-0.25, -0.2) is 8.78 Å². The van der Waals surface area contributed by atoms with Crippen LogP contribution in [0.2, 0.25) is 0 Å². The van der Waals surface area contributed by atoms with E-state index in [-0.39, 0.29) is 12.1 Å². The van der Waals surface area contributed by atoms with Crippen LogP contribution in [-0.2, 0) is 0 Å². The smallest absolute Gasteiger partial charge is 0.254 e. The van der Waals surface area contributed by atoms with Gasteiger partial charge in [0, 0.05) is 6.54 Å². The molecule has 1 aromatic carbocycles. The van der Waals surface area contributed by atoms with Crippen LogP contribution in [0.5, 0.6) is 0 Å². The molecule has 1 aromatic rings. The number of rotatable bonds is 3. The molecule has 0 bridgehead atoms. The molecule has 0 aromatic heterocycles. The van der Waals surface area contributed by atoms with Gasteiger partial charge in [0.25, 0.3) is 5.91 Å². The van der Waals surface area contributed by atoms with Crippen molar-refractivity contribution in [1.82, 2.24) is 5.32 Å². The third-order valence-electron chi connectivity index (χ3n) is 3.98. The standard InChI is InChI=1S/C15H19F2NO2/c1-10-5-7-15(20,8-6-10)9-18-14(19)11-3-2-4-12(16)13(11)17/h2-4,10,20H,5-9H2,1H3,(H,18,19). The van der Waals surface area contributed by atoms with Crippen molar-refractivity contribution >= 4 is 5.91 Å². The van der Waals surface area contributed by atoms with Crippen LogP contribution in [0.15, 0.2) is 18.2 Å². The molecule has 5 heteroatoms. The maximum Gasteiger partial charge on any atom is 0.254 e. The number of hydrogen-bond donors (Lipinski definition) is 2. The van der Waals surface area contributed by atoms with Crippen molar-refractivity contribution in [3.05, 3.63) is 35.4 Å². The maximum atomic E-state index is 13.5. The molecule has 0 unspecified atom stereocenters. The van der Waals surface area contributed by atoms with Crippen molar-refractivity contribution in [3.63, 3.8) is 0 Å². The Hall–Kier alpha value is -1.49. The van der Waals surface area contributed by atoms with Gasteiger partial charge in [-0.1, -0.05) is 13.0 Å². The molecule has 0 aliphatic heterocycles. The molecule has 0 saturated heterocycles. The van der Waals surface area contributed by atoms with Gasteiger partial charge in [0.05, 0.1) is 11.2 Å². The molecule has 2 N–H and O–H groups in total. The molecule has 1 amide bonds. The van der Waals surface area contributed by atoms with Crippen LogP contribution in [0.4, 0.5) is 8.78 Å². The number of aliphatic hydroxyl groups is 1. The SMILES string of the molecule is CC1CCC(O)(CNC(=O)c2cccc(F)c2F)CC1. The highest BCUT2D eigenvalue weighted by molar-refractivity contribution is 5.94. The lowest BCUT2D eigenvalue weighted by molar-refractivity contribution is -0.00543. The van der Waals surface area contributed by atoms with Crippen molar-refractivity contribution in [3.8, 4) is 0 Å². The van der Waals surface area contributed by atoms with Crippen LogP contribution >= 0.6 is 0 Å². The fourth-order valence-corrected chi connectivity index (χ4v) is 2.50. The summed E-state index contributed by atoms with van der Waals surface area (Å²) < 4.78 is 26.5. The van der Waals surface area contributed by atoms with E-state index in [9.17, 15) is 18.7 Å². The zero-order chi connectivity index (χ0) is 14.8. The number of hydrogen-bond acceptors (Lipinski definition) is 2. The first-order chi connectivity index (χ1) is 9.41. The zero-order valence-electron chi connectivity index (χ0n) is 11.5. The molecule has 0 heterocycles. The Morgan fingerprint density at radius 2 is 2.05 bits per heavy atom. The van der Waals surface area contributed by atoms with Gasteiger partial charge in [0.1, 0.15) is 0 Å². The van der Waals surface area contributed by atoms with E-state index in [1.165, 1.54) is 12.1 Å². The lowest BCUT2D eigenvalue weighted by Gasteiger charge is -2.34. The van der Waals surface area contributed by atoms with Crippen LogP contribution in [-0.4, -0.2) is 23.2 Å². The summed E-state index contributed by atoms with van der Waals surface area (Å²) in [5.41, 5.74) is -1.27. The fraction of sp³-hybridized carbons (Fsp3) is 0.533. The molecule has 1 aliphatic rings. The summed E-state index contributed by atoms with van der Waals surface area (Å²) in [4.78, 5) is 11.8. The number of amides is 1. The molecular formula is C15H19F2NO2. The van der Waals surface area contributed by atoms with Crippen molar-refractivity contribution in [1.29, 1.82) is 0 Å². The summed E-state index contributed by atoms with van der Waals surface area (Å²) in [7, 11) is 0. The van der Waals surface area contributed by atoms with Gasteiger partial charge in [-0.3, -0.25) is 4.79 Å². The van der Waals surface area contributed by atoms with Gasteiger partial charge in [-0.2, -0.15) is 0 Å². The predicted molar refractivity (Wildman–Crippen MR) is 71.3 cm³/mol. The molecule has 1 aliphatic carbocycles. The largest absolute Gasteiger partial charge is 0.388 e. The lowest BCUT2D eigenvalue weighted by atomic mass is 9.79. The topological polar surface area (TPSA) is 49.3 Å². The molecular weight excluding hydrogens is 264 g/mol.